The largest absolute Gasteiger partial charge is 0.486 e. The number of ether oxygens (including phenoxy) is 1. The summed E-state index contributed by atoms with van der Waals surface area (Å²) >= 11 is 0. The average Bonchev–Trinajstić information content (AvgIpc) is 2.80. The van der Waals surface area contributed by atoms with Crippen LogP contribution in [0.4, 0.5) is 11.4 Å². The molecule has 0 fully saturated rings. The number of rotatable bonds is 7. The molecular weight excluding hydrogens is 420 g/mol. The van der Waals surface area contributed by atoms with Gasteiger partial charge in [0.05, 0.1) is 18.7 Å². The first-order valence-electron chi connectivity index (χ1n) is 12.3. The van der Waals surface area contributed by atoms with E-state index in [0.717, 1.165) is 23.7 Å². The monoisotopic (exact) mass is 456 g/mol. The van der Waals surface area contributed by atoms with Gasteiger partial charge in [-0.15, -0.1) is 0 Å². The van der Waals surface area contributed by atoms with Gasteiger partial charge in [0.2, 0.25) is 5.91 Å². The maximum atomic E-state index is 13.3. The molecule has 1 atom stereocenters. The Kier molecular flexibility index (Phi) is 7.26. The smallest absolute Gasteiger partial charge is 0.228 e. The second-order valence-electron chi connectivity index (χ2n) is 9.95. The van der Waals surface area contributed by atoms with Crippen LogP contribution in [-0.4, -0.2) is 18.6 Å². The minimum Gasteiger partial charge on any atom is -0.486 e. The van der Waals surface area contributed by atoms with E-state index in [1.807, 2.05) is 12.1 Å². The Bertz CT molecular complexity index is 1110. The molecule has 0 aliphatic carbocycles. The predicted octanol–water partition coefficient (Wildman–Crippen LogP) is 7.04. The summed E-state index contributed by atoms with van der Waals surface area (Å²) in [6.45, 7) is 12.2. The Balaban J connectivity index is 1.54. The molecule has 1 aliphatic heterocycles. The van der Waals surface area contributed by atoms with Crippen LogP contribution in [-0.2, 0) is 11.3 Å². The maximum absolute atomic E-state index is 13.3. The number of nitrogens with one attached hydrogen (secondary N) is 1. The Morgan fingerprint density at radius 2 is 1.65 bits per heavy atom. The van der Waals surface area contributed by atoms with E-state index in [2.05, 4.69) is 99.4 Å². The predicted molar refractivity (Wildman–Crippen MR) is 141 cm³/mol. The summed E-state index contributed by atoms with van der Waals surface area (Å²) in [5.74, 6) is 1.50. The van der Waals surface area contributed by atoms with Gasteiger partial charge in [0.25, 0.3) is 0 Å². The van der Waals surface area contributed by atoms with Gasteiger partial charge in [0.1, 0.15) is 11.9 Å². The number of para-hydroxylation sites is 1. The number of carbonyl (C=O) groups excluding carboxylic acids is 1. The fraction of sp³-hybridized carbons (Fsp3) is 0.367. The lowest BCUT2D eigenvalue weighted by molar-refractivity contribution is -0.117. The lowest BCUT2D eigenvalue weighted by Gasteiger charge is -2.36. The summed E-state index contributed by atoms with van der Waals surface area (Å²) in [7, 11) is 0. The second-order valence-corrected chi connectivity index (χ2v) is 9.95. The molecule has 1 unspecified atom stereocenters. The zero-order valence-electron chi connectivity index (χ0n) is 21.0. The van der Waals surface area contributed by atoms with Crippen molar-refractivity contribution in [3.05, 3.63) is 89.0 Å². The summed E-state index contributed by atoms with van der Waals surface area (Å²) in [6.07, 6.45) is 0.0929. The van der Waals surface area contributed by atoms with Gasteiger partial charge in [-0.3, -0.25) is 4.79 Å². The average molecular weight is 457 g/mol. The highest BCUT2D eigenvalue weighted by atomic mass is 16.5. The Morgan fingerprint density at radius 1 is 0.971 bits per heavy atom. The number of benzene rings is 3. The van der Waals surface area contributed by atoms with Crippen molar-refractivity contribution in [3.63, 3.8) is 0 Å². The number of anilines is 2. The molecule has 1 N–H and O–H groups in total. The van der Waals surface area contributed by atoms with Gasteiger partial charge in [-0.25, -0.2) is 0 Å². The van der Waals surface area contributed by atoms with E-state index in [0.29, 0.717) is 24.8 Å². The highest BCUT2D eigenvalue weighted by Crippen LogP contribution is 2.37. The molecule has 3 aromatic rings. The van der Waals surface area contributed by atoms with E-state index in [1.165, 1.54) is 22.3 Å². The van der Waals surface area contributed by atoms with Gasteiger partial charge >= 0.3 is 0 Å². The van der Waals surface area contributed by atoms with Crippen molar-refractivity contribution in [2.24, 2.45) is 0 Å². The second kappa shape index (κ2) is 10.3. The lowest BCUT2D eigenvalue weighted by atomic mass is 9.92. The van der Waals surface area contributed by atoms with Crippen molar-refractivity contribution < 1.29 is 9.53 Å². The van der Waals surface area contributed by atoms with Crippen LogP contribution in [0, 0.1) is 6.92 Å². The Labute approximate surface area is 204 Å². The first-order chi connectivity index (χ1) is 16.3. The molecule has 0 radical (unpaired) electrons. The van der Waals surface area contributed by atoms with E-state index >= 15 is 0 Å². The minimum atomic E-state index is -0.215. The summed E-state index contributed by atoms with van der Waals surface area (Å²) in [6, 6.07) is 23.0. The summed E-state index contributed by atoms with van der Waals surface area (Å²) in [4.78, 5) is 15.6. The Morgan fingerprint density at radius 3 is 2.29 bits per heavy atom. The van der Waals surface area contributed by atoms with Crippen LogP contribution < -0.4 is 15.0 Å². The van der Waals surface area contributed by atoms with Crippen molar-refractivity contribution in [1.82, 2.24) is 0 Å². The van der Waals surface area contributed by atoms with Gasteiger partial charge in [-0.1, -0.05) is 82.3 Å². The van der Waals surface area contributed by atoms with Gasteiger partial charge in [-0.2, -0.15) is 0 Å². The maximum Gasteiger partial charge on any atom is 0.228 e. The number of amides is 1. The van der Waals surface area contributed by atoms with Crippen LogP contribution in [0.3, 0.4) is 0 Å². The van der Waals surface area contributed by atoms with E-state index in [9.17, 15) is 4.79 Å². The fourth-order valence-electron chi connectivity index (χ4n) is 4.69. The summed E-state index contributed by atoms with van der Waals surface area (Å²) < 4.78 is 6.32. The molecule has 1 aliphatic rings. The van der Waals surface area contributed by atoms with Crippen molar-refractivity contribution >= 4 is 17.3 Å². The quantitative estimate of drug-likeness (QED) is 0.415. The number of hydrogen-bond acceptors (Lipinski definition) is 3. The van der Waals surface area contributed by atoms with Gasteiger partial charge < -0.3 is 15.0 Å². The van der Waals surface area contributed by atoms with Crippen LogP contribution in [0.5, 0.6) is 5.75 Å². The van der Waals surface area contributed by atoms with E-state index < -0.39 is 0 Å². The minimum absolute atomic E-state index is 0.00442. The first kappa shape index (κ1) is 23.9. The molecular formula is C30H36N2O2. The molecule has 0 saturated heterocycles. The van der Waals surface area contributed by atoms with Crippen molar-refractivity contribution in [1.29, 1.82) is 0 Å². The fourth-order valence-corrected chi connectivity index (χ4v) is 4.69. The zero-order valence-corrected chi connectivity index (χ0v) is 21.0. The molecule has 0 bridgehead atoms. The molecule has 0 aromatic heterocycles. The third-order valence-electron chi connectivity index (χ3n) is 6.44. The molecule has 0 saturated carbocycles. The summed E-state index contributed by atoms with van der Waals surface area (Å²) in [5.41, 5.74) is 6.85. The van der Waals surface area contributed by atoms with Gasteiger partial charge in [0, 0.05) is 12.2 Å². The van der Waals surface area contributed by atoms with Crippen LogP contribution >= 0.6 is 0 Å². The van der Waals surface area contributed by atoms with E-state index in [4.69, 9.17) is 4.74 Å². The molecule has 34 heavy (non-hydrogen) atoms. The highest BCUT2D eigenvalue weighted by Gasteiger charge is 2.28. The highest BCUT2D eigenvalue weighted by molar-refractivity contribution is 5.93. The zero-order chi connectivity index (χ0) is 24.2. The molecule has 0 spiro atoms. The van der Waals surface area contributed by atoms with Crippen molar-refractivity contribution in [2.75, 3.05) is 16.8 Å². The van der Waals surface area contributed by atoms with E-state index in [-0.39, 0.29) is 12.0 Å². The molecule has 178 valence electrons. The molecule has 4 rings (SSSR count). The van der Waals surface area contributed by atoms with Crippen LogP contribution in [0.2, 0.25) is 0 Å². The third kappa shape index (κ3) is 5.44. The number of carbonyl (C=O) groups is 1. The normalized spacial score (nSPS) is 15.3. The number of hydrogen-bond donors (Lipinski definition) is 1. The number of aryl methyl sites for hydroxylation is 1. The molecule has 1 heterocycles. The van der Waals surface area contributed by atoms with Crippen molar-refractivity contribution in [2.45, 2.75) is 65.5 Å². The van der Waals surface area contributed by atoms with Crippen LogP contribution in [0.1, 0.15) is 68.2 Å². The van der Waals surface area contributed by atoms with Crippen LogP contribution in [0.25, 0.3) is 0 Å². The molecule has 1 amide bonds. The Hall–Kier alpha value is -3.27. The number of fused-ring (bicyclic) bond motifs is 1. The first-order valence-corrected chi connectivity index (χ1v) is 12.3. The topological polar surface area (TPSA) is 41.6 Å². The standard InChI is InChI=1S/C30H36N2O2/c1-20(2)25-12-9-13-26(21(3)4)30(25)31-29(33)17-24-19-32(18-23-10-7-6-8-11-23)27-16-22(5)14-15-28(27)34-24/h6-16,20-21,24H,17-19H2,1-5H3,(H,31,33). The number of nitrogens with zero attached hydrogens (tertiary/aromatic N) is 1. The van der Waals surface area contributed by atoms with Crippen molar-refractivity contribution in [3.8, 4) is 5.75 Å². The summed E-state index contributed by atoms with van der Waals surface area (Å²) in [5, 5.41) is 3.25. The lowest BCUT2D eigenvalue weighted by Crippen LogP contribution is -2.41. The third-order valence-corrected chi connectivity index (χ3v) is 6.44. The SMILES string of the molecule is Cc1ccc2c(c1)N(Cc1ccccc1)CC(CC(=O)Nc1c(C(C)C)cccc1C(C)C)O2. The van der Waals surface area contributed by atoms with E-state index in [1.54, 1.807) is 0 Å². The molecule has 4 heteroatoms. The van der Waals surface area contributed by atoms with Gasteiger partial charge in [0.15, 0.2) is 0 Å². The molecule has 4 nitrogen and oxygen atoms in total. The van der Waals surface area contributed by atoms with Gasteiger partial charge in [-0.05, 0) is 53.1 Å². The van der Waals surface area contributed by atoms with Crippen LogP contribution in [0.15, 0.2) is 66.7 Å². The molecule has 3 aromatic carbocycles.